The molecule has 2 heterocycles. The van der Waals surface area contributed by atoms with E-state index >= 15 is 0 Å². The van der Waals surface area contributed by atoms with Gasteiger partial charge in [-0.15, -0.1) is 0 Å². The fourth-order valence-corrected chi connectivity index (χ4v) is 2.50. The van der Waals surface area contributed by atoms with E-state index in [0.29, 0.717) is 12.7 Å². The molecule has 0 radical (unpaired) electrons. The molecular formula is C15H26N4O2. The lowest BCUT2D eigenvalue weighted by Gasteiger charge is -2.32. The number of nitrogens with one attached hydrogen (secondary N) is 1. The van der Waals surface area contributed by atoms with Gasteiger partial charge in [-0.25, -0.2) is 9.97 Å². The molecule has 1 aliphatic rings. The summed E-state index contributed by atoms with van der Waals surface area (Å²) in [5, 5.41) is 3.33. The van der Waals surface area contributed by atoms with E-state index in [2.05, 4.69) is 27.1 Å². The Labute approximate surface area is 126 Å². The molecule has 6 heteroatoms. The summed E-state index contributed by atoms with van der Waals surface area (Å²) >= 11 is 0. The number of methoxy groups -OCH3 is 2. The smallest absolute Gasteiger partial charge is 0.158 e. The monoisotopic (exact) mass is 294 g/mol. The van der Waals surface area contributed by atoms with Gasteiger partial charge in [-0.2, -0.15) is 0 Å². The summed E-state index contributed by atoms with van der Waals surface area (Å²) in [5.41, 5.74) is 0. The zero-order chi connectivity index (χ0) is 15.1. The van der Waals surface area contributed by atoms with Crippen molar-refractivity contribution in [3.63, 3.8) is 0 Å². The van der Waals surface area contributed by atoms with E-state index in [0.717, 1.165) is 56.4 Å². The van der Waals surface area contributed by atoms with E-state index in [4.69, 9.17) is 9.47 Å². The summed E-state index contributed by atoms with van der Waals surface area (Å²) in [6.07, 6.45) is 3.52. The highest BCUT2D eigenvalue weighted by Gasteiger charge is 2.20. The Morgan fingerprint density at radius 1 is 1.29 bits per heavy atom. The van der Waals surface area contributed by atoms with Crippen LogP contribution in [0.25, 0.3) is 0 Å². The number of hydrogen-bond acceptors (Lipinski definition) is 6. The molecule has 1 N–H and O–H groups in total. The third-order valence-electron chi connectivity index (χ3n) is 3.69. The van der Waals surface area contributed by atoms with E-state index in [-0.39, 0.29) is 0 Å². The SMILES string of the molecule is CCCNc1cc(N2CCC(OC)CC2)nc(COC)n1. The highest BCUT2D eigenvalue weighted by molar-refractivity contribution is 5.49. The minimum Gasteiger partial charge on any atom is -0.381 e. The van der Waals surface area contributed by atoms with Crippen LogP contribution in [0.2, 0.25) is 0 Å². The number of rotatable bonds is 7. The van der Waals surface area contributed by atoms with E-state index in [1.807, 2.05) is 6.07 Å². The largest absolute Gasteiger partial charge is 0.381 e. The predicted molar refractivity (Wildman–Crippen MR) is 83.8 cm³/mol. The van der Waals surface area contributed by atoms with E-state index in [9.17, 15) is 0 Å². The molecule has 6 nitrogen and oxygen atoms in total. The third kappa shape index (κ3) is 4.54. The molecule has 118 valence electrons. The van der Waals surface area contributed by atoms with Crippen molar-refractivity contribution in [3.05, 3.63) is 11.9 Å². The molecule has 0 aromatic carbocycles. The zero-order valence-corrected chi connectivity index (χ0v) is 13.3. The highest BCUT2D eigenvalue weighted by atomic mass is 16.5. The number of ether oxygens (including phenoxy) is 2. The average Bonchev–Trinajstić information content (AvgIpc) is 2.53. The van der Waals surface area contributed by atoms with Gasteiger partial charge >= 0.3 is 0 Å². The Morgan fingerprint density at radius 2 is 2.05 bits per heavy atom. The Kier molecular flexibility index (Phi) is 6.20. The van der Waals surface area contributed by atoms with Crippen LogP contribution in [0, 0.1) is 0 Å². The summed E-state index contributed by atoms with van der Waals surface area (Å²) in [6, 6.07) is 2.03. The molecule has 2 rings (SSSR count). The van der Waals surface area contributed by atoms with Gasteiger partial charge in [-0.05, 0) is 19.3 Å². The molecule has 1 aromatic rings. The lowest BCUT2D eigenvalue weighted by Crippen LogP contribution is -2.37. The Morgan fingerprint density at radius 3 is 2.67 bits per heavy atom. The van der Waals surface area contributed by atoms with E-state index in [1.54, 1.807) is 14.2 Å². The van der Waals surface area contributed by atoms with Crippen molar-refractivity contribution < 1.29 is 9.47 Å². The number of piperidine rings is 1. The van der Waals surface area contributed by atoms with Crippen LogP contribution in [-0.4, -0.2) is 49.9 Å². The van der Waals surface area contributed by atoms with Crippen LogP contribution in [0.4, 0.5) is 11.6 Å². The third-order valence-corrected chi connectivity index (χ3v) is 3.69. The summed E-state index contributed by atoms with van der Waals surface area (Å²) < 4.78 is 10.6. The average molecular weight is 294 g/mol. The lowest BCUT2D eigenvalue weighted by atomic mass is 10.1. The van der Waals surface area contributed by atoms with Gasteiger partial charge in [0.1, 0.15) is 18.2 Å². The van der Waals surface area contributed by atoms with Crippen LogP contribution in [-0.2, 0) is 16.1 Å². The first-order valence-electron chi connectivity index (χ1n) is 7.65. The van der Waals surface area contributed by atoms with Gasteiger partial charge in [0.15, 0.2) is 5.82 Å². The molecule has 0 atom stereocenters. The van der Waals surface area contributed by atoms with Gasteiger partial charge in [-0.3, -0.25) is 0 Å². The molecule has 1 saturated heterocycles. The molecule has 0 spiro atoms. The van der Waals surface area contributed by atoms with Crippen LogP contribution >= 0.6 is 0 Å². The van der Waals surface area contributed by atoms with Crippen LogP contribution in [0.1, 0.15) is 32.0 Å². The number of aromatic nitrogens is 2. The predicted octanol–water partition coefficient (Wildman–Crippen LogP) is 2.06. The molecule has 0 aliphatic carbocycles. The summed E-state index contributed by atoms with van der Waals surface area (Å²) in [4.78, 5) is 11.4. The van der Waals surface area contributed by atoms with Gasteiger partial charge in [0.25, 0.3) is 0 Å². The number of nitrogens with zero attached hydrogens (tertiary/aromatic N) is 3. The second-order valence-electron chi connectivity index (χ2n) is 5.31. The second kappa shape index (κ2) is 8.14. The Hall–Kier alpha value is -1.40. The minimum absolute atomic E-state index is 0.374. The maximum atomic E-state index is 5.42. The molecule has 21 heavy (non-hydrogen) atoms. The number of hydrogen-bond donors (Lipinski definition) is 1. The van der Waals surface area contributed by atoms with Crippen LogP contribution in [0.5, 0.6) is 0 Å². The fraction of sp³-hybridized carbons (Fsp3) is 0.733. The van der Waals surface area contributed by atoms with Crippen molar-refractivity contribution in [1.29, 1.82) is 0 Å². The van der Waals surface area contributed by atoms with Gasteiger partial charge in [-0.1, -0.05) is 6.92 Å². The number of anilines is 2. The lowest BCUT2D eigenvalue weighted by molar-refractivity contribution is 0.0817. The summed E-state index contributed by atoms with van der Waals surface area (Å²) in [5.74, 6) is 2.58. The maximum absolute atomic E-state index is 5.42. The van der Waals surface area contributed by atoms with Crippen molar-refractivity contribution in [2.24, 2.45) is 0 Å². The van der Waals surface area contributed by atoms with E-state index in [1.165, 1.54) is 0 Å². The van der Waals surface area contributed by atoms with Crippen LogP contribution < -0.4 is 10.2 Å². The summed E-state index contributed by atoms with van der Waals surface area (Å²) in [6.45, 7) is 5.42. The van der Waals surface area contributed by atoms with Crippen molar-refractivity contribution in [2.75, 3.05) is 44.1 Å². The van der Waals surface area contributed by atoms with Crippen molar-refractivity contribution in [1.82, 2.24) is 9.97 Å². The zero-order valence-electron chi connectivity index (χ0n) is 13.3. The fourth-order valence-electron chi connectivity index (χ4n) is 2.50. The first-order valence-corrected chi connectivity index (χ1v) is 7.65. The Bertz CT molecular complexity index is 434. The van der Waals surface area contributed by atoms with Crippen molar-refractivity contribution >= 4 is 11.6 Å². The first kappa shape index (κ1) is 16.0. The normalized spacial score (nSPS) is 16.2. The summed E-state index contributed by atoms with van der Waals surface area (Å²) in [7, 11) is 3.45. The van der Waals surface area contributed by atoms with Crippen LogP contribution in [0.3, 0.4) is 0 Å². The van der Waals surface area contributed by atoms with E-state index < -0.39 is 0 Å². The quantitative estimate of drug-likeness (QED) is 0.830. The van der Waals surface area contributed by atoms with Gasteiger partial charge < -0.3 is 19.7 Å². The second-order valence-corrected chi connectivity index (χ2v) is 5.31. The van der Waals surface area contributed by atoms with Gasteiger partial charge in [0.05, 0.1) is 6.10 Å². The molecule has 1 aromatic heterocycles. The van der Waals surface area contributed by atoms with Crippen molar-refractivity contribution in [3.8, 4) is 0 Å². The van der Waals surface area contributed by atoms with Gasteiger partial charge in [0, 0.05) is 39.9 Å². The van der Waals surface area contributed by atoms with Crippen LogP contribution in [0.15, 0.2) is 6.07 Å². The topological polar surface area (TPSA) is 59.5 Å². The van der Waals surface area contributed by atoms with Crippen molar-refractivity contribution in [2.45, 2.75) is 38.9 Å². The highest BCUT2D eigenvalue weighted by Crippen LogP contribution is 2.22. The Balaban J connectivity index is 2.11. The minimum atomic E-state index is 0.374. The van der Waals surface area contributed by atoms with Gasteiger partial charge in [0.2, 0.25) is 0 Å². The molecule has 0 bridgehead atoms. The molecule has 1 aliphatic heterocycles. The molecule has 0 unspecified atom stereocenters. The molecular weight excluding hydrogens is 268 g/mol. The molecule has 1 fully saturated rings. The molecule has 0 amide bonds. The first-order chi connectivity index (χ1) is 10.3. The molecule has 0 saturated carbocycles. The maximum Gasteiger partial charge on any atom is 0.158 e. The standard InChI is InChI=1S/C15H26N4O2/c1-4-7-16-13-10-15(18-14(17-13)11-20-2)19-8-5-12(21-3)6-9-19/h10,12H,4-9,11H2,1-3H3,(H,16,17,18).